The number of nitrogens with one attached hydrogen (secondary N) is 1. The molecule has 0 spiro atoms. The van der Waals surface area contributed by atoms with Crippen LogP contribution in [0, 0.1) is 6.92 Å². The summed E-state index contributed by atoms with van der Waals surface area (Å²) in [6.45, 7) is 1.83. The van der Waals surface area contributed by atoms with Gasteiger partial charge in [0.15, 0.2) is 0 Å². The SMILES string of the molecule is Cc1cc(N)c(Cl)cc1NC(=O)CCl. The summed E-state index contributed by atoms with van der Waals surface area (Å²) in [4.78, 5) is 11.0. The van der Waals surface area contributed by atoms with E-state index in [0.717, 1.165) is 5.56 Å². The number of halogens is 2. The van der Waals surface area contributed by atoms with Gasteiger partial charge in [0.1, 0.15) is 5.88 Å². The minimum absolute atomic E-state index is 0.0819. The van der Waals surface area contributed by atoms with Crippen molar-refractivity contribution in [1.29, 1.82) is 0 Å². The topological polar surface area (TPSA) is 55.1 Å². The molecule has 1 rings (SSSR count). The summed E-state index contributed by atoms with van der Waals surface area (Å²) in [6, 6.07) is 3.31. The lowest BCUT2D eigenvalue weighted by atomic mass is 10.2. The van der Waals surface area contributed by atoms with Crippen LogP contribution in [0.15, 0.2) is 12.1 Å². The van der Waals surface area contributed by atoms with Crippen LogP contribution in [0.2, 0.25) is 5.02 Å². The predicted molar refractivity (Wildman–Crippen MR) is 60.0 cm³/mol. The second-order valence-electron chi connectivity index (χ2n) is 2.87. The quantitative estimate of drug-likeness (QED) is 0.608. The Morgan fingerprint density at radius 1 is 1.57 bits per heavy atom. The third-order valence-corrected chi connectivity index (χ3v) is 2.31. The van der Waals surface area contributed by atoms with Gasteiger partial charge in [-0.05, 0) is 24.6 Å². The molecule has 0 heterocycles. The van der Waals surface area contributed by atoms with Crippen molar-refractivity contribution in [2.24, 2.45) is 0 Å². The highest BCUT2D eigenvalue weighted by molar-refractivity contribution is 6.33. The molecule has 76 valence electrons. The van der Waals surface area contributed by atoms with Crippen molar-refractivity contribution in [2.45, 2.75) is 6.92 Å². The average Bonchev–Trinajstić information content (AvgIpc) is 2.14. The van der Waals surface area contributed by atoms with E-state index in [9.17, 15) is 4.79 Å². The minimum atomic E-state index is -0.268. The van der Waals surface area contributed by atoms with Gasteiger partial charge in [0, 0.05) is 5.69 Å². The molecule has 0 unspecified atom stereocenters. The second kappa shape index (κ2) is 4.53. The van der Waals surface area contributed by atoms with Crippen LogP contribution in [-0.2, 0) is 4.79 Å². The zero-order chi connectivity index (χ0) is 10.7. The van der Waals surface area contributed by atoms with Crippen molar-refractivity contribution in [3.8, 4) is 0 Å². The van der Waals surface area contributed by atoms with Gasteiger partial charge in [-0.15, -0.1) is 11.6 Å². The van der Waals surface area contributed by atoms with Crippen molar-refractivity contribution in [2.75, 3.05) is 16.9 Å². The van der Waals surface area contributed by atoms with Gasteiger partial charge in [0.25, 0.3) is 0 Å². The molecule has 0 bridgehead atoms. The first kappa shape index (κ1) is 11.1. The molecule has 0 fully saturated rings. The molecule has 1 amide bonds. The number of alkyl halides is 1. The smallest absolute Gasteiger partial charge is 0.239 e. The van der Waals surface area contributed by atoms with Gasteiger partial charge in [-0.25, -0.2) is 0 Å². The van der Waals surface area contributed by atoms with Crippen LogP contribution >= 0.6 is 23.2 Å². The van der Waals surface area contributed by atoms with E-state index in [2.05, 4.69) is 5.32 Å². The van der Waals surface area contributed by atoms with Crippen molar-refractivity contribution < 1.29 is 4.79 Å². The molecule has 0 aromatic heterocycles. The van der Waals surface area contributed by atoms with Gasteiger partial charge >= 0.3 is 0 Å². The van der Waals surface area contributed by atoms with E-state index in [-0.39, 0.29) is 11.8 Å². The Bertz CT molecular complexity index is 366. The van der Waals surface area contributed by atoms with Crippen LogP contribution in [-0.4, -0.2) is 11.8 Å². The third kappa shape index (κ3) is 2.53. The largest absolute Gasteiger partial charge is 0.398 e. The highest BCUT2D eigenvalue weighted by Gasteiger charge is 2.06. The van der Waals surface area contributed by atoms with E-state index in [1.165, 1.54) is 0 Å². The summed E-state index contributed by atoms with van der Waals surface area (Å²) in [5, 5.41) is 3.03. The first-order chi connectivity index (χ1) is 6.54. The van der Waals surface area contributed by atoms with E-state index in [0.29, 0.717) is 16.4 Å². The number of nitrogen functional groups attached to an aromatic ring is 1. The lowest BCUT2D eigenvalue weighted by Gasteiger charge is -2.08. The zero-order valence-electron chi connectivity index (χ0n) is 7.60. The zero-order valence-corrected chi connectivity index (χ0v) is 9.12. The first-order valence-corrected chi connectivity index (χ1v) is 4.87. The van der Waals surface area contributed by atoms with Crippen LogP contribution in [0.5, 0.6) is 0 Å². The second-order valence-corrected chi connectivity index (χ2v) is 3.54. The fraction of sp³-hybridized carbons (Fsp3) is 0.222. The van der Waals surface area contributed by atoms with Gasteiger partial charge in [-0.1, -0.05) is 11.6 Å². The molecule has 1 aromatic rings. The number of nitrogens with two attached hydrogens (primary N) is 1. The molecule has 0 saturated heterocycles. The van der Waals surface area contributed by atoms with Crippen LogP contribution in [0.4, 0.5) is 11.4 Å². The minimum Gasteiger partial charge on any atom is -0.398 e. The number of benzene rings is 1. The fourth-order valence-corrected chi connectivity index (χ4v) is 1.25. The van der Waals surface area contributed by atoms with E-state index < -0.39 is 0 Å². The Kier molecular flexibility index (Phi) is 3.61. The number of rotatable bonds is 2. The Labute approximate surface area is 92.2 Å². The molecule has 14 heavy (non-hydrogen) atoms. The maximum absolute atomic E-state index is 11.0. The predicted octanol–water partition coefficient (Wildman–Crippen LogP) is 2.41. The maximum Gasteiger partial charge on any atom is 0.239 e. The first-order valence-electron chi connectivity index (χ1n) is 3.96. The monoisotopic (exact) mass is 232 g/mol. The molecule has 1 aromatic carbocycles. The number of carbonyl (C=O) groups is 1. The van der Waals surface area contributed by atoms with Crippen molar-refractivity contribution in [3.63, 3.8) is 0 Å². The van der Waals surface area contributed by atoms with Crippen molar-refractivity contribution in [1.82, 2.24) is 0 Å². The number of aryl methyl sites for hydroxylation is 1. The Morgan fingerprint density at radius 2 is 2.21 bits per heavy atom. The normalized spacial score (nSPS) is 9.93. The molecule has 0 aliphatic rings. The molecule has 0 saturated carbocycles. The van der Waals surface area contributed by atoms with Crippen LogP contribution in [0.25, 0.3) is 0 Å². The summed E-state index contributed by atoms with van der Waals surface area (Å²) in [6.07, 6.45) is 0. The summed E-state index contributed by atoms with van der Waals surface area (Å²) in [5.74, 6) is -0.350. The Morgan fingerprint density at radius 3 is 2.79 bits per heavy atom. The highest BCUT2D eigenvalue weighted by Crippen LogP contribution is 2.26. The number of anilines is 2. The summed E-state index contributed by atoms with van der Waals surface area (Å²) in [7, 11) is 0. The molecule has 3 nitrogen and oxygen atoms in total. The van der Waals surface area contributed by atoms with Gasteiger partial charge in [0.2, 0.25) is 5.91 Å². The van der Waals surface area contributed by atoms with Gasteiger partial charge in [0.05, 0.1) is 10.7 Å². The number of amides is 1. The highest BCUT2D eigenvalue weighted by atomic mass is 35.5. The van der Waals surface area contributed by atoms with Crippen LogP contribution in [0.1, 0.15) is 5.56 Å². The summed E-state index contributed by atoms with van der Waals surface area (Å²) < 4.78 is 0. The van der Waals surface area contributed by atoms with E-state index in [1.807, 2.05) is 6.92 Å². The van der Waals surface area contributed by atoms with Crippen molar-refractivity contribution >= 4 is 40.5 Å². The third-order valence-electron chi connectivity index (χ3n) is 1.74. The van der Waals surface area contributed by atoms with Crippen molar-refractivity contribution in [3.05, 3.63) is 22.7 Å². The Hall–Kier alpha value is -0.930. The van der Waals surface area contributed by atoms with Crippen LogP contribution in [0.3, 0.4) is 0 Å². The average molecular weight is 233 g/mol. The molecule has 0 atom stereocenters. The number of carbonyl (C=O) groups excluding carboxylic acids is 1. The molecule has 0 aliphatic carbocycles. The number of hydrogen-bond acceptors (Lipinski definition) is 2. The van der Waals surface area contributed by atoms with E-state index in [1.54, 1.807) is 12.1 Å². The van der Waals surface area contributed by atoms with Gasteiger partial charge in [-0.2, -0.15) is 0 Å². The number of hydrogen-bond donors (Lipinski definition) is 2. The summed E-state index contributed by atoms with van der Waals surface area (Å²) in [5.41, 5.74) is 7.56. The standard InChI is InChI=1S/C9H10Cl2N2O/c1-5-2-7(12)6(11)3-8(5)13-9(14)4-10/h2-3H,4,12H2,1H3,(H,13,14). The molecule has 5 heteroatoms. The van der Waals surface area contributed by atoms with Gasteiger partial charge < -0.3 is 11.1 Å². The molecular weight excluding hydrogens is 223 g/mol. The molecule has 0 radical (unpaired) electrons. The lowest BCUT2D eigenvalue weighted by Crippen LogP contribution is -2.13. The molecule has 3 N–H and O–H groups in total. The lowest BCUT2D eigenvalue weighted by molar-refractivity contribution is -0.113. The summed E-state index contributed by atoms with van der Waals surface area (Å²) >= 11 is 11.2. The molecule has 0 aliphatic heterocycles. The van der Waals surface area contributed by atoms with Gasteiger partial charge in [-0.3, -0.25) is 4.79 Å². The Balaban J connectivity index is 2.98. The molecular formula is C9H10Cl2N2O. The fourth-order valence-electron chi connectivity index (χ4n) is 1.02. The van der Waals surface area contributed by atoms with Crippen LogP contribution < -0.4 is 11.1 Å². The van der Waals surface area contributed by atoms with E-state index in [4.69, 9.17) is 28.9 Å². The van der Waals surface area contributed by atoms with E-state index >= 15 is 0 Å². The maximum atomic E-state index is 11.0.